The summed E-state index contributed by atoms with van der Waals surface area (Å²) in [7, 11) is 1.32. The highest BCUT2D eigenvalue weighted by molar-refractivity contribution is 5.58. The minimum Gasteiger partial charge on any atom is -0.357 e. The lowest BCUT2D eigenvalue weighted by molar-refractivity contribution is -0.141. The molecule has 0 spiro atoms. The van der Waals surface area contributed by atoms with Crippen molar-refractivity contribution in [1.29, 1.82) is 0 Å². The van der Waals surface area contributed by atoms with Crippen molar-refractivity contribution < 1.29 is 26.3 Å². The van der Waals surface area contributed by atoms with Gasteiger partial charge in [-0.15, -0.1) is 0 Å². The molecular weight excluding hydrogens is 326 g/mol. The van der Waals surface area contributed by atoms with Crippen LogP contribution in [-0.4, -0.2) is 17.0 Å². The number of hydrogen-bond acceptors (Lipinski definition) is 4. The Morgan fingerprint density at radius 3 is 2.17 bits per heavy atom. The second-order valence-electron chi connectivity index (χ2n) is 4.41. The van der Waals surface area contributed by atoms with Crippen molar-refractivity contribution in [2.24, 2.45) is 0 Å². The summed E-state index contributed by atoms with van der Waals surface area (Å²) < 4.78 is 76.1. The van der Waals surface area contributed by atoms with Crippen LogP contribution in [0.5, 0.6) is 0 Å². The molecule has 0 aliphatic heterocycles. The zero-order valence-electron chi connectivity index (χ0n) is 11.5. The molecule has 0 aliphatic carbocycles. The second-order valence-corrected chi connectivity index (χ2v) is 4.41. The van der Waals surface area contributed by atoms with Gasteiger partial charge in [0.15, 0.2) is 5.69 Å². The molecule has 4 nitrogen and oxygen atoms in total. The molecule has 2 N–H and O–H groups in total. The average molecular weight is 336 g/mol. The Balaban J connectivity index is 2.37. The van der Waals surface area contributed by atoms with E-state index in [4.69, 9.17) is 0 Å². The maximum absolute atomic E-state index is 12.7. The quantitative estimate of drug-likeness (QED) is 0.821. The van der Waals surface area contributed by atoms with Gasteiger partial charge in [-0.25, -0.2) is 4.98 Å². The molecule has 0 unspecified atom stereocenters. The predicted molar refractivity (Wildman–Crippen MR) is 71.3 cm³/mol. The third-order valence-corrected chi connectivity index (χ3v) is 2.70. The summed E-state index contributed by atoms with van der Waals surface area (Å²) in [6.07, 6.45) is -9.27. The number of alkyl halides is 6. The summed E-state index contributed by atoms with van der Waals surface area (Å²) in [5.41, 5.74) is -2.19. The molecule has 0 atom stereocenters. The van der Waals surface area contributed by atoms with E-state index in [1.165, 1.54) is 13.1 Å². The molecule has 0 saturated heterocycles. The molecule has 10 heteroatoms. The second kappa shape index (κ2) is 5.94. The van der Waals surface area contributed by atoms with Crippen LogP contribution in [0.4, 0.5) is 43.8 Å². The van der Waals surface area contributed by atoms with Crippen LogP contribution in [0.3, 0.4) is 0 Å². The largest absolute Gasteiger partial charge is 0.433 e. The van der Waals surface area contributed by atoms with Crippen LogP contribution in [0.1, 0.15) is 11.3 Å². The third kappa shape index (κ3) is 4.24. The van der Waals surface area contributed by atoms with Crippen LogP contribution >= 0.6 is 0 Å². The predicted octanol–water partition coefficient (Wildman–Crippen LogP) is 4.30. The minimum atomic E-state index is -4.71. The molecule has 0 amide bonds. The number of anilines is 3. The van der Waals surface area contributed by atoms with Crippen molar-refractivity contribution >= 4 is 17.5 Å². The Hall–Kier alpha value is -2.52. The monoisotopic (exact) mass is 336 g/mol. The van der Waals surface area contributed by atoms with Crippen molar-refractivity contribution in [2.75, 3.05) is 17.7 Å². The number of hydrogen-bond donors (Lipinski definition) is 2. The molecule has 124 valence electrons. The molecule has 23 heavy (non-hydrogen) atoms. The molecule has 1 heterocycles. The summed E-state index contributed by atoms with van der Waals surface area (Å²) in [4.78, 5) is 6.99. The van der Waals surface area contributed by atoms with Crippen LogP contribution in [0.25, 0.3) is 0 Å². The molecule has 0 saturated carbocycles. The number of halogens is 6. The molecular formula is C13H10F6N4. The fraction of sp³-hybridized carbons (Fsp3) is 0.231. The van der Waals surface area contributed by atoms with Gasteiger partial charge < -0.3 is 10.6 Å². The van der Waals surface area contributed by atoms with Gasteiger partial charge in [0.1, 0.15) is 5.82 Å². The van der Waals surface area contributed by atoms with Crippen molar-refractivity contribution in [2.45, 2.75) is 12.4 Å². The summed E-state index contributed by atoms with van der Waals surface area (Å²) in [5.74, 6) is -0.592. The van der Waals surface area contributed by atoms with Gasteiger partial charge in [0.05, 0.1) is 5.56 Å². The first-order valence-electron chi connectivity index (χ1n) is 6.18. The first-order valence-corrected chi connectivity index (χ1v) is 6.18. The Labute approximate surface area is 126 Å². The summed E-state index contributed by atoms with van der Waals surface area (Å²) in [6, 6.07) is 4.65. The number of aromatic nitrogens is 2. The Morgan fingerprint density at radius 1 is 0.913 bits per heavy atom. The lowest BCUT2D eigenvalue weighted by Gasteiger charge is -2.13. The van der Waals surface area contributed by atoms with Crippen LogP contribution in [-0.2, 0) is 12.4 Å². The van der Waals surface area contributed by atoms with Crippen molar-refractivity contribution in [1.82, 2.24) is 9.97 Å². The minimum absolute atomic E-state index is 0.0475. The number of nitrogens with one attached hydrogen (secondary N) is 2. The zero-order chi connectivity index (χ0) is 17.3. The first kappa shape index (κ1) is 16.8. The van der Waals surface area contributed by atoms with E-state index in [-0.39, 0.29) is 17.5 Å². The van der Waals surface area contributed by atoms with Crippen molar-refractivity contribution in [3.05, 3.63) is 41.6 Å². The Bertz CT molecular complexity index is 696. The van der Waals surface area contributed by atoms with E-state index < -0.39 is 23.6 Å². The van der Waals surface area contributed by atoms with Gasteiger partial charge in [-0.3, -0.25) is 0 Å². The SMILES string of the molecule is CNc1nc(Nc2cccc(C(F)(F)F)c2)cc(C(F)(F)F)n1. The highest BCUT2D eigenvalue weighted by Crippen LogP contribution is 2.33. The normalized spacial score (nSPS) is 12.1. The van der Waals surface area contributed by atoms with E-state index in [0.29, 0.717) is 6.07 Å². The van der Waals surface area contributed by atoms with Gasteiger partial charge >= 0.3 is 12.4 Å². The van der Waals surface area contributed by atoms with E-state index in [1.807, 2.05) is 0 Å². The molecule has 0 fully saturated rings. The maximum Gasteiger partial charge on any atom is 0.433 e. The summed E-state index contributed by atoms with van der Waals surface area (Å²) in [6.45, 7) is 0. The van der Waals surface area contributed by atoms with E-state index in [2.05, 4.69) is 20.6 Å². The van der Waals surface area contributed by atoms with Gasteiger partial charge in [0.25, 0.3) is 0 Å². The van der Waals surface area contributed by atoms with E-state index in [9.17, 15) is 26.3 Å². The van der Waals surface area contributed by atoms with Gasteiger partial charge in [-0.2, -0.15) is 31.3 Å². The number of benzene rings is 1. The fourth-order valence-corrected chi connectivity index (χ4v) is 1.69. The maximum atomic E-state index is 12.7. The molecule has 1 aromatic heterocycles. The lowest BCUT2D eigenvalue weighted by Crippen LogP contribution is -2.12. The number of rotatable bonds is 3. The van der Waals surface area contributed by atoms with E-state index in [0.717, 1.165) is 18.2 Å². The smallest absolute Gasteiger partial charge is 0.357 e. The molecule has 0 aliphatic rings. The first-order chi connectivity index (χ1) is 10.6. The molecule has 0 bridgehead atoms. The van der Waals surface area contributed by atoms with Crippen molar-refractivity contribution in [3.8, 4) is 0 Å². The lowest BCUT2D eigenvalue weighted by atomic mass is 10.2. The van der Waals surface area contributed by atoms with Crippen LogP contribution in [0.2, 0.25) is 0 Å². The number of nitrogens with zero attached hydrogens (tertiary/aromatic N) is 2. The summed E-state index contributed by atoms with van der Waals surface area (Å²) in [5, 5.41) is 4.77. The van der Waals surface area contributed by atoms with Crippen molar-refractivity contribution in [3.63, 3.8) is 0 Å². The van der Waals surface area contributed by atoms with Crippen LogP contribution in [0.15, 0.2) is 30.3 Å². The van der Waals surface area contributed by atoms with Crippen LogP contribution < -0.4 is 10.6 Å². The topological polar surface area (TPSA) is 49.8 Å². The summed E-state index contributed by atoms with van der Waals surface area (Å²) >= 11 is 0. The molecule has 2 aromatic rings. The van der Waals surface area contributed by atoms with E-state index >= 15 is 0 Å². The van der Waals surface area contributed by atoms with Gasteiger partial charge in [-0.1, -0.05) is 6.07 Å². The highest BCUT2D eigenvalue weighted by Gasteiger charge is 2.34. The Morgan fingerprint density at radius 2 is 1.61 bits per heavy atom. The standard InChI is InChI=1S/C13H10F6N4/c1-20-11-22-9(13(17,18)19)6-10(23-11)21-8-4-2-3-7(5-8)12(14,15)16/h2-6H,1H3,(H2,20,21,22,23). The third-order valence-electron chi connectivity index (χ3n) is 2.70. The van der Waals surface area contributed by atoms with E-state index in [1.54, 1.807) is 0 Å². The fourth-order valence-electron chi connectivity index (χ4n) is 1.69. The molecule has 1 aromatic carbocycles. The average Bonchev–Trinajstić information content (AvgIpc) is 2.45. The molecule has 2 rings (SSSR count). The zero-order valence-corrected chi connectivity index (χ0v) is 11.5. The molecule has 0 radical (unpaired) electrons. The Kier molecular flexibility index (Phi) is 4.35. The van der Waals surface area contributed by atoms with Gasteiger partial charge in [0, 0.05) is 18.8 Å². The highest BCUT2D eigenvalue weighted by atomic mass is 19.4. The van der Waals surface area contributed by atoms with Gasteiger partial charge in [0.2, 0.25) is 5.95 Å². The van der Waals surface area contributed by atoms with Crippen LogP contribution in [0, 0.1) is 0 Å². The van der Waals surface area contributed by atoms with Gasteiger partial charge in [-0.05, 0) is 18.2 Å².